The Balaban J connectivity index is 2.97. The SMILES string of the molecule is CC1=C(O[Si](C)(C)C)CCC[C@]1(C)O[Si](C)(C)C. The second kappa shape index (κ2) is 5.14. The fraction of sp³-hybridized carbons (Fsp3) is 0.857. The van der Waals surface area contributed by atoms with Gasteiger partial charge in [0.25, 0.3) is 0 Å². The van der Waals surface area contributed by atoms with Crippen molar-refractivity contribution in [2.75, 3.05) is 0 Å². The van der Waals surface area contributed by atoms with Gasteiger partial charge in [-0.2, -0.15) is 0 Å². The highest BCUT2D eigenvalue weighted by Gasteiger charge is 2.38. The first-order valence-electron chi connectivity index (χ1n) is 7.02. The van der Waals surface area contributed by atoms with Crippen LogP contribution in [0.5, 0.6) is 0 Å². The monoisotopic (exact) mass is 286 g/mol. The van der Waals surface area contributed by atoms with Gasteiger partial charge in [0.1, 0.15) is 0 Å². The number of rotatable bonds is 4. The first-order chi connectivity index (χ1) is 7.93. The lowest BCUT2D eigenvalue weighted by Gasteiger charge is -2.42. The third kappa shape index (κ3) is 4.55. The summed E-state index contributed by atoms with van der Waals surface area (Å²) in [6.45, 7) is 18.0. The summed E-state index contributed by atoms with van der Waals surface area (Å²) < 4.78 is 12.7. The normalized spacial score (nSPS) is 26.4. The Bertz CT molecular complexity index is 337. The van der Waals surface area contributed by atoms with Crippen LogP contribution < -0.4 is 0 Å². The molecule has 0 fully saturated rings. The van der Waals surface area contributed by atoms with Crippen LogP contribution in [-0.2, 0) is 8.85 Å². The van der Waals surface area contributed by atoms with E-state index in [1.54, 1.807) is 0 Å². The Hall–Kier alpha value is -0.0662. The number of hydrogen-bond acceptors (Lipinski definition) is 2. The molecule has 1 atom stereocenters. The molecule has 0 aliphatic heterocycles. The van der Waals surface area contributed by atoms with E-state index in [4.69, 9.17) is 8.85 Å². The van der Waals surface area contributed by atoms with Gasteiger partial charge >= 0.3 is 0 Å². The van der Waals surface area contributed by atoms with E-state index in [0.29, 0.717) is 0 Å². The maximum absolute atomic E-state index is 6.44. The van der Waals surface area contributed by atoms with Gasteiger partial charge in [0.2, 0.25) is 8.32 Å². The highest BCUT2D eigenvalue weighted by molar-refractivity contribution is 6.70. The molecule has 0 saturated heterocycles. The molecule has 0 bridgehead atoms. The van der Waals surface area contributed by atoms with E-state index in [9.17, 15) is 0 Å². The molecule has 1 aliphatic carbocycles. The molecule has 0 radical (unpaired) electrons. The van der Waals surface area contributed by atoms with Crippen LogP contribution in [0.4, 0.5) is 0 Å². The van der Waals surface area contributed by atoms with Gasteiger partial charge in [-0.25, -0.2) is 0 Å². The molecule has 0 aromatic heterocycles. The molecular formula is C14H30O2Si2. The van der Waals surface area contributed by atoms with Crippen molar-refractivity contribution >= 4 is 16.6 Å². The molecule has 18 heavy (non-hydrogen) atoms. The van der Waals surface area contributed by atoms with Crippen LogP contribution >= 0.6 is 0 Å². The summed E-state index contributed by atoms with van der Waals surface area (Å²) in [7, 11) is -3.04. The molecule has 0 amide bonds. The van der Waals surface area contributed by atoms with Crippen molar-refractivity contribution in [2.45, 2.75) is 78.0 Å². The van der Waals surface area contributed by atoms with E-state index in [0.717, 1.165) is 12.8 Å². The first-order valence-corrected chi connectivity index (χ1v) is 13.8. The Labute approximate surface area is 115 Å². The fourth-order valence-electron chi connectivity index (χ4n) is 2.56. The highest BCUT2D eigenvalue weighted by atomic mass is 28.4. The van der Waals surface area contributed by atoms with Gasteiger partial charge in [0, 0.05) is 6.42 Å². The molecule has 1 rings (SSSR count). The maximum atomic E-state index is 6.44. The highest BCUT2D eigenvalue weighted by Crippen LogP contribution is 2.39. The van der Waals surface area contributed by atoms with Gasteiger partial charge in [-0.3, -0.25) is 0 Å². The smallest absolute Gasteiger partial charge is 0.241 e. The van der Waals surface area contributed by atoms with Crippen molar-refractivity contribution in [2.24, 2.45) is 0 Å². The lowest BCUT2D eigenvalue weighted by Crippen LogP contribution is -2.44. The summed E-state index contributed by atoms with van der Waals surface area (Å²) >= 11 is 0. The van der Waals surface area contributed by atoms with Crippen LogP contribution in [0.1, 0.15) is 33.1 Å². The van der Waals surface area contributed by atoms with Crippen molar-refractivity contribution in [3.8, 4) is 0 Å². The zero-order chi connectivity index (χ0) is 14.2. The minimum absolute atomic E-state index is 0.0995. The molecule has 0 aromatic carbocycles. The summed E-state index contributed by atoms with van der Waals surface area (Å²) in [5.74, 6) is 1.21. The lowest BCUT2D eigenvalue weighted by molar-refractivity contribution is 0.0906. The van der Waals surface area contributed by atoms with E-state index < -0.39 is 16.6 Å². The average Bonchev–Trinajstić information content (AvgIpc) is 2.08. The zero-order valence-corrected chi connectivity index (χ0v) is 15.4. The topological polar surface area (TPSA) is 18.5 Å². The van der Waals surface area contributed by atoms with Gasteiger partial charge in [-0.1, -0.05) is 0 Å². The van der Waals surface area contributed by atoms with Crippen molar-refractivity contribution in [3.63, 3.8) is 0 Å². The fourth-order valence-corrected chi connectivity index (χ4v) is 5.16. The molecule has 0 aromatic rings. The lowest BCUT2D eigenvalue weighted by atomic mass is 9.85. The van der Waals surface area contributed by atoms with Crippen molar-refractivity contribution < 1.29 is 8.85 Å². The Morgan fingerprint density at radius 2 is 1.56 bits per heavy atom. The average molecular weight is 287 g/mol. The van der Waals surface area contributed by atoms with Crippen LogP contribution in [0, 0.1) is 0 Å². The molecular weight excluding hydrogens is 256 g/mol. The van der Waals surface area contributed by atoms with Gasteiger partial charge < -0.3 is 8.85 Å². The summed E-state index contributed by atoms with van der Waals surface area (Å²) in [6.07, 6.45) is 3.39. The Morgan fingerprint density at radius 1 is 1.00 bits per heavy atom. The third-order valence-electron chi connectivity index (χ3n) is 3.23. The predicted molar refractivity (Wildman–Crippen MR) is 83.8 cm³/mol. The molecule has 106 valence electrons. The summed E-state index contributed by atoms with van der Waals surface area (Å²) in [5.41, 5.74) is 1.23. The minimum Gasteiger partial charge on any atom is -0.547 e. The predicted octanol–water partition coefficient (Wildman–Crippen LogP) is 4.91. The molecule has 0 N–H and O–H groups in total. The zero-order valence-electron chi connectivity index (χ0n) is 13.4. The number of hydrogen-bond donors (Lipinski definition) is 0. The van der Waals surface area contributed by atoms with E-state index in [1.165, 1.54) is 17.8 Å². The first kappa shape index (κ1) is 16.0. The van der Waals surface area contributed by atoms with Gasteiger partial charge in [0.05, 0.1) is 11.4 Å². The van der Waals surface area contributed by atoms with E-state index in [1.807, 2.05) is 0 Å². The van der Waals surface area contributed by atoms with Crippen LogP contribution in [0.3, 0.4) is 0 Å². The quantitative estimate of drug-likeness (QED) is 0.684. The van der Waals surface area contributed by atoms with Crippen LogP contribution in [-0.4, -0.2) is 22.2 Å². The maximum Gasteiger partial charge on any atom is 0.241 e. The molecule has 0 heterocycles. The second-order valence-electron chi connectivity index (χ2n) is 7.56. The molecule has 0 unspecified atom stereocenters. The molecule has 2 nitrogen and oxygen atoms in total. The minimum atomic E-state index is -1.53. The van der Waals surface area contributed by atoms with Gasteiger partial charge in [-0.05, 0) is 71.5 Å². The van der Waals surface area contributed by atoms with Crippen LogP contribution in [0.2, 0.25) is 39.3 Å². The second-order valence-corrected chi connectivity index (χ2v) is 16.4. The number of allylic oxidation sites excluding steroid dienone is 1. The summed E-state index contributed by atoms with van der Waals surface area (Å²) in [4.78, 5) is 0. The molecule has 0 spiro atoms. The van der Waals surface area contributed by atoms with Gasteiger partial charge in [0.15, 0.2) is 8.32 Å². The van der Waals surface area contributed by atoms with Crippen LogP contribution in [0.25, 0.3) is 0 Å². The van der Waals surface area contributed by atoms with E-state index in [-0.39, 0.29) is 5.60 Å². The Morgan fingerprint density at radius 3 is 2.00 bits per heavy atom. The molecule has 0 saturated carbocycles. The largest absolute Gasteiger partial charge is 0.547 e. The standard InChI is InChI=1S/C14H30O2Si2/c1-12-13(15-17(3,4)5)10-9-11-14(12,2)16-18(6,7)8/h9-11H2,1-8H3/t14-/m0/s1. The van der Waals surface area contributed by atoms with Crippen molar-refractivity contribution in [1.82, 2.24) is 0 Å². The third-order valence-corrected chi connectivity index (χ3v) is 5.15. The van der Waals surface area contributed by atoms with Crippen molar-refractivity contribution in [1.29, 1.82) is 0 Å². The van der Waals surface area contributed by atoms with Gasteiger partial charge in [-0.15, -0.1) is 0 Å². The Kier molecular flexibility index (Phi) is 4.56. The van der Waals surface area contributed by atoms with Crippen LogP contribution in [0.15, 0.2) is 11.3 Å². The van der Waals surface area contributed by atoms with Crippen molar-refractivity contribution in [3.05, 3.63) is 11.3 Å². The van der Waals surface area contributed by atoms with E-state index >= 15 is 0 Å². The summed E-state index contributed by atoms with van der Waals surface area (Å²) in [6, 6.07) is 0. The molecule has 1 aliphatic rings. The van der Waals surface area contributed by atoms with E-state index in [2.05, 4.69) is 53.1 Å². The summed E-state index contributed by atoms with van der Waals surface area (Å²) in [5, 5.41) is 0. The molecule has 4 heteroatoms.